The zero-order valence-electron chi connectivity index (χ0n) is 13.0. The second-order valence-corrected chi connectivity index (χ2v) is 5.46. The van der Waals surface area contributed by atoms with Crippen LogP contribution < -0.4 is 10.5 Å². The SMILES string of the molecule is N#Cc1cncc(C(=N)c2c(N)ccnc2OC2CCOCC2)c1. The smallest absolute Gasteiger partial charge is 0.225 e. The Balaban J connectivity index is 1.94. The number of anilines is 1. The zero-order chi connectivity index (χ0) is 16.9. The van der Waals surface area contributed by atoms with Crippen molar-refractivity contribution in [1.82, 2.24) is 9.97 Å². The summed E-state index contributed by atoms with van der Waals surface area (Å²) in [5, 5.41) is 17.5. The summed E-state index contributed by atoms with van der Waals surface area (Å²) in [6.07, 6.45) is 6.06. The molecule has 1 fully saturated rings. The Hall–Kier alpha value is -2.98. The maximum absolute atomic E-state index is 9.01. The molecule has 0 spiro atoms. The molecule has 1 aliphatic heterocycles. The van der Waals surface area contributed by atoms with Crippen LogP contribution in [0.3, 0.4) is 0 Å². The molecule has 3 rings (SSSR count). The van der Waals surface area contributed by atoms with Gasteiger partial charge in [-0.2, -0.15) is 5.26 Å². The number of pyridine rings is 2. The van der Waals surface area contributed by atoms with Crippen LogP contribution in [-0.4, -0.2) is 35.0 Å². The first-order valence-corrected chi connectivity index (χ1v) is 7.62. The van der Waals surface area contributed by atoms with Crippen molar-refractivity contribution in [2.75, 3.05) is 18.9 Å². The minimum Gasteiger partial charge on any atom is -0.474 e. The van der Waals surface area contributed by atoms with Crippen molar-refractivity contribution in [3.8, 4) is 11.9 Å². The van der Waals surface area contributed by atoms with E-state index in [1.807, 2.05) is 6.07 Å². The van der Waals surface area contributed by atoms with E-state index in [1.165, 1.54) is 12.4 Å². The van der Waals surface area contributed by atoms with E-state index < -0.39 is 0 Å². The average molecular weight is 323 g/mol. The summed E-state index contributed by atoms with van der Waals surface area (Å²) in [5.41, 5.74) is 7.89. The minimum atomic E-state index is -0.0110. The Morgan fingerprint density at radius 3 is 2.92 bits per heavy atom. The van der Waals surface area contributed by atoms with Gasteiger partial charge < -0.3 is 15.2 Å². The molecular weight excluding hydrogens is 306 g/mol. The lowest BCUT2D eigenvalue weighted by molar-refractivity contribution is 0.0237. The van der Waals surface area contributed by atoms with Gasteiger partial charge in [0.25, 0.3) is 0 Å². The van der Waals surface area contributed by atoms with Gasteiger partial charge in [-0.1, -0.05) is 0 Å². The molecule has 24 heavy (non-hydrogen) atoms. The fourth-order valence-corrected chi connectivity index (χ4v) is 2.53. The van der Waals surface area contributed by atoms with Crippen molar-refractivity contribution in [2.45, 2.75) is 18.9 Å². The van der Waals surface area contributed by atoms with Crippen molar-refractivity contribution in [2.24, 2.45) is 0 Å². The standard InChI is InChI=1S/C17H17N5O2/c18-8-11-7-12(10-21-9-11)16(20)15-14(19)1-4-22-17(15)24-13-2-5-23-6-3-13/h1,4,7,9-10,13,20H,2-3,5-6H2,(H2,19,22). The maximum atomic E-state index is 9.01. The van der Waals surface area contributed by atoms with Crippen LogP contribution in [-0.2, 0) is 4.74 Å². The summed E-state index contributed by atoms with van der Waals surface area (Å²) in [6, 6.07) is 5.24. The molecule has 7 heteroatoms. The number of aromatic nitrogens is 2. The van der Waals surface area contributed by atoms with E-state index in [4.69, 9.17) is 25.9 Å². The third kappa shape index (κ3) is 3.34. The predicted molar refractivity (Wildman–Crippen MR) is 88.0 cm³/mol. The highest BCUT2D eigenvalue weighted by atomic mass is 16.5. The fraction of sp³-hybridized carbons (Fsp3) is 0.294. The number of ether oxygens (including phenoxy) is 2. The summed E-state index contributed by atoms with van der Waals surface area (Å²) >= 11 is 0. The summed E-state index contributed by atoms with van der Waals surface area (Å²) in [6.45, 7) is 1.29. The van der Waals surface area contributed by atoms with Crippen molar-refractivity contribution in [3.05, 3.63) is 47.4 Å². The van der Waals surface area contributed by atoms with Gasteiger partial charge in [0, 0.05) is 42.7 Å². The van der Waals surface area contributed by atoms with Crippen LogP contribution in [0.2, 0.25) is 0 Å². The molecule has 1 aliphatic rings. The Morgan fingerprint density at radius 1 is 1.38 bits per heavy atom. The molecule has 2 aromatic heterocycles. The number of nitrogens with two attached hydrogens (primary N) is 1. The highest BCUT2D eigenvalue weighted by Gasteiger charge is 2.21. The summed E-state index contributed by atoms with van der Waals surface area (Å²) < 4.78 is 11.3. The van der Waals surface area contributed by atoms with Crippen LogP contribution in [0.1, 0.15) is 29.5 Å². The lowest BCUT2D eigenvalue weighted by Gasteiger charge is -2.24. The van der Waals surface area contributed by atoms with Gasteiger partial charge in [-0.05, 0) is 12.1 Å². The molecule has 3 N–H and O–H groups in total. The van der Waals surface area contributed by atoms with Crippen molar-refractivity contribution in [1.29, 1.82) is 10.7 Å². The topological polar surface area (TPSA) is 118 Å². The molecule has 0 bridgehead atoms. The molecule has 0 aliphatic carbocycles. The fourth-order valence-electron chi connectivity index (χ4n) is 2.53. The van der Waals surface area contributed by atoms with Crippen LogP contribution in [0.25, 0.3) is 0 Å². The summed E-state index contributed by atoms with van der Waals surface area (Å²) in [7, 11) is 0. The predicted octanol–water partition coefficient (Wildman–Crippen LogP) is 1.90. The first-order chi connectivity index (χ1) is 11.7. The van der Waals surface area contributed by atoms with Gasteiger partial charge in [-0.15, -0.1) is 0 Å². The van der Waals surface area contributed by atoms with E-state index in [1.54, 1.807) is 18.3 Å². The number of hydrogen-bond acceptors (Lipinski definition) is 7. The van der Waals surface area contributed by atoms with Gasteiger partial charge in [0.1, 0.15) is 12.2 Å². The third-order valence-electron chi connectivity index (χ3n) is 3.80. The van der Waals surface area contributed by atoms with Gasteiger partial charge in [-0.25, -0.2) is 4.98 Å². The molecule has 1 saturated heterocycles. The normalized spacial score (nSPS) is 14.8. The number of hydrogen-bond donors (Lipinski definition) is 2. The van der Waals surface area contributed by atoms with E-state index in [0.29, 0.717) is 41.5 Å². The van der Waals surface area contributed by atoms with Crippen LogP contribution in [0.5, 0.6) is 5.88 Å². The molecular formula is C17H17N5O2. The lowest BCUT2D eigenvalue weighted by atomic mass is 10.0. The highest BCUT2D eigenvalue weighted by Crippen LogP contribution is 2.27. The number of nitrogens with one attached hydrogen (secondary N) is 1. The van der Waals surface area contributed by atoms with Crippen LogP contribution >= 0.6 is 0 Å². The second-order valence-electron chi connectivity index (χ2n) is 5.46. The van der Waals surface area contributed by atoms with E-state index in [0.717, 1.165) is 12.8 Å². The third-order valence-corrected chi connectivity index (χ3v) is 3.80. The molecule has 0 saturated carbocycles. The molecule has 0 unspecified atom stereocenters. The van der Waals surface area contributed by atoms with Gasteiger partial charge in [0.15, 0.2) is 0 Å². The van der Waals surface area contributed by atoms with Crippen LogP contribution in [0.4, 0.5) is 5.69 Å². The van der Waals surface area contributed by atoms with Crippen LogP contribution in [0, 0.1) is 16.7 Å². The Kier molecular flexibility index (Phi) is 4.68. The maximum Gasteiger partial charge on any atom is 0.225 e. The number of nitriles is 1. The number of rotatable bonds is 4. The lowest BCUT2D eigenvalue weighted by Crippen LogP contribution is -2.27. The molecule has 2 aromatic rings. The largest absolute Gasteiger partial charge is 0.474 e. The second kappa shape index (κ2) is 7.06. The molecule has 3 heterocycles. The van der Waals surface area contributed by atoms with Crippen molar-refractivity contribution < 1.29 is 9.47 Å². The number of nitrogens with zero attached hydrogens (tertiary/aromatic N) is 3. The minimum absolute atomic E-state index is 0.0110. The Morgan fingerprint density at radius 2 is 2.17 bits per heavy atom. The van der Waals surface area contributed by atoms with Gasteiger partial charge in [0.05, 0.1) is 30.1 Å². The Labute approximate surface area is 139 Å². The molecule has 122 valence electrons. The zero-order valence-corrected chi connectivity index (χ0v) is 13.0. The Bertz CT molecular complexity index is 794. The van der Waals surface area contributed by atoms with Gasteiger partial charge in [-0.3, -0.25) is 10.4 Å². The van der Waals surface area contributed by atoms with E-state index in [2.05, 4.69) is 9.97 Å². The average Bonchev–Trinajstić information content (AvgIpc) is 2.62. The van der Waals surface area contributed by atoms with Gasteiger partial charge in [0.2, 0.25) is 5.88 Å². The van der Waals surface area contributed by atoms with E-state index in [9.17, 15) is 0 Å². The molecule has 0 amide bonds. The molecule has 0 radical (unpaired) electrons. The first kappa shape index (κ1) is 15.9. The summed E-state index contributed by atoms with van der Waals surface area (Å²) in [4.78, 5) is 8.25. The molecule has 0 atom stereocenters. The molecule has 0 aromatic carbocycles. The van der Waals surface area contributed by atoms with Crippen molar-refractivity contribution in [3.63, 3.8) is 0 Å². The van der Waals surface area contributed by atoms with E-state index >= 15 is 0 Å². The van der Waals surface area contributed by atoms with E-state index in [-0.39, 0.29) is 11.8 Å². The summed E-state index contributed by atoms with van der Waals surface area (Å²) in [5.74, 6) is 0.328. The molecule has 7 nitrogen and oxygen atoms in total. The first-order valence-electron chi connectivity index (χ1n) is 7.62. The van der Waals surface area contributed by atoms with Gasteiger partial charge >= 0.3 is 0 Å². The number of nitrogen functional groups attached to an aromatic ring is 1. The van der Waals surface area contributed by atoms with Crippen molar-refractivity contribution >= 4 is 11.4 Å². The monoisotopic (exact) mass is 323 g/mol. The van der Waals surface area contributed by atoms with Crippen LogP contribution in [0.15, 0.2) is 30.7 Å². The quantitative estimate of drug-likeness (QED) is 0.830. The highest BCUT2D eigenvalue weighted by molar-refractivity contribution is 6.15.